The Hall–Kier alpha value is -2.82. The van der Waals surface area contributed by atoms with Crippen molar-refractivity contribution in [3.05, 3.63) is 48.5 Å². The van der Waals surface area contributed by atoms with Crippen molar-refractivity contribution >= 4 is 22.2 Å². The van der Waals surface area contributed by atoms with Crippen LogP contribution in [0.3, 0.4) is 0 Å². The van der Waals surface area contributed by atoms with Crippen LogP contribution in [-0.2, 0) is 0 Å². The van der Waals surface area contributed by atoms with Gasteiger partial charge < -0.3 is 10.7 Å². The number of fused-ring (bicyclic) bond motifs is 2. The number of para-hydroxylation sites is 1. The van der Waals surface area contributed by atoms with Gasteiger partial charge in [-0.2, -0.15) is 0 Å². The third kappa shape index (κ3) is 2.30. The van der Waals surface area contributed by atoms with E-state index in [9.17, 15) is 0 Å². The number of benzene rings is 1. The zero-order valence-corrected chi connectivity index (χ0v) is 14.1. The molecule has 0 unspecified atom stereocenters. The van der Waals surface area contributed by atoms with Crippen molar-refractivity contribution in [1.82, 2.24) is 19.4 Å². The number of imidazole rings is 1. The van der Waals surface area contributed by atoms with Crippen molar-refractivity contribution < 1.29 is 0 Å². The summed E-state index contributed by atoms with van der Waals surface area (Å²) in [6.07, 6.45) is 10.1. The first-order valence-electron chi connectivity index (χ1n) is 9.02. The van der Waals surface area contributed by atoms with Crippen molar-refractivity contribution in [3.8, 4) is 11.4 Å². The highest BCUT2D eigenvalue weighted by molar-refractivity contribution is 5.91. The molecule has 5 nitrogen and oxygen atoms in total. The number of aromatic nitrogens is 4. The van der Waals surface area contributed by atoms with E-state index in [0.29, 0.717) is 11.7 Å². The fraction of sp³-hybridized carbons (Fsp3) is 0.300. The average Bonchev–Trinajstić information content (AvgIpc) is 3.24. The van der Waals surface area contributed by atoms with Gasteiger partial charge in [-0.05, 0) is 25.0 Å². The van der Waals surface area contributed by atoms with Crippen LogP contribution < -0.4 is 5.73 Å². The van der Waals surface area contributed by atoms with Gasteiger partial charge in [0.25, 0.3) is 0 Å². The van der Waals surface area contributed by atoms with Crippen LogP contribution in [0.2, 0.25) is 0 Å². The number of hydrogen-bond acceptors (Lipinski definition) is 3. The summed E-state index contributed by atoms with van der Waals surface area (Å²) >= 11 is 0. The Morgan fingerprint density at radius 1 is 1.12 bits per heavy atom. The zero-order valence-electron chi connectivity index (χ0n) is 14.1. The van der Waals surface area contributed by atoms with Crippen LogP contribution in [0.4, 0.5) is 5.82 Å². The van der Waals surface area contributed by atoms with E-state index >= 15 is 0 Å². The van der Waals surface area contributed by atoms with Crippen LogP contribution in [0.1, 0.15) is 43.8 Å². The quantitative estimate of drug-likeness (QED) is 0.568. The monoisotopic (exact) mass is 331 g/mol. The Morgan fingerprint density at radius 2 is 1.96 bits per heavy atom. The van der Waals surface area contributed by atoms with Gasteiger partial charge in [0.05, 0.1) is 5.69 Å². The fourth-order valence-corrected chi connectivity index (χ4v) is 4.12. The summed E-state index contributed by atoms with van der Waals surface area (Å²) in [7, 11) is 0. The SMILES string of the molecule is Nc1nccn2c(C3CCCCC3)nc(-c3cc4ccccc4[nH]3)c12. The zero-order chi connectivity index (χ0) is 16.8. The molecule has 5 rings (SSSR count). The summed E-state index contributed by atoms with van der Waals surface area (Å²) in [5, 5.41) is 1.18. The second kappa shape index (κ2) is 5.62. The molecule has 3 N–H and O–H groups in total. The highest BCUT2D eigenvalue weighted by atomic mass is 15.1. The fourth-order valence-electron chi connectivity index (χ4n) is 4.12. The Bertz CT molecular complexity index is 1020. The lowest BCUT2D eigenvalue weighted by Crippen LogP contribution is -2.09. The molecule has 0 atom stereocenters. The predicted octanol–water partition coefficient (Wildman–Crippen LogP) is 4.51. The second-order valence-corrected chi connectivity index (χ2v) is 6.95. The summed E-state index contributed by atoms with van der Waals surface area (Å²) in [5.74, 6) is 2.16. The molecule has 1 aromatic carbocycles. The number of nitrogens with two attached hydrogens (primary N) is 1. The van der Waals surface area contributed by atoms with Gasteiger partial charge in [-0.25, -0.2) is 9.97 Å². The summed E-state index contributed by atoms with van der Waals surface area (Å²) in [5.41, 5.74) is 10.2. The predicted molar refractivity (Wildman–Crippen MR) is 101 cm³/mol. The smallest absolute Gasteiger partial charge is 0.150 e. The highest BCUT2D eigenvalue weighted by Crippen LogP contribution is 2.36. The third-order valence-corrected chi connectivity index (χ3v) is 5.37. The third-order valence-electron chi connectivity index (χ3n) is 5.37. The number of nitrogens with zero attached hydrogens (tertiary/aromatic N) is 3. The van der Waals surface area contributed by atoms with Gasteiger partial charge in [0.15, 0.2) is 0 Å². The highest BCUT2D eigenvalue weighted by Gasteiger charge is 2.24. The number of H-pyrrole nitrogens is 1. The van der Waals surface area contributed by atoms with Crippen LogP contribution >= 0.6 is 0 Å². The second-order valence-electron chi connectivity index (χ2n) is 6.95. The maximum atomic E-state index is 6.25. The summed E-state index contributed by atoms with van der Waals surface area (Å²) in [6.45, 7) is 0. The molecular weight excluding hydrogens is 310 g/mol. The molecule has 0 aliphatic heterocycles. The van der Waals surface area contributed by atoms with Crippen LogP contribution in [-0.4, -0.2) is 19.4 Å². The molecule has 5 heteroatoms. The lowest BCUT2D eigenvalue weighted by molar-refractivity contribution is 0.428. The Morgan fingerprint density at radius 3 is 2.80 bits per heavy atom. The van der Waals surface area contributed by atoms with Gasteiger partial charge in [0.2, 0.25) is 0 Å². The van der Waals surface area contributed by atoms with Gasteiger partial charge >= 0.3 is 0 Å². The van der Waals surface area contributed by atoms with Crippen molar-refractivity contribution in [2.75, 3.05) is 5.73 Å². The molecule has 25 heavy (non-hydrogen) atoms. The first kappa shape index (κ1) is 14.5. The molecule has 0 saturated heterocycles. The van der Waals surface area contributed by atoms with E-state index in [1.807, 2.05) is 12.3 Å². The normalized spacial score (nSPS) is 16.0. The minimum absolute atomic E-state index is 0.501. The van der Waals surface area contributed by atoms with E-state index < -0.39 is 0 Å². The van der Waals surface area contributed by atoms with E-state index in [-0.39, 0.29) is 0 Å². The topological polar surface area (TPSA) is 72.0 Å². The minimum Gasteiger partial charge on any atom is -0.382 e. The van der Waals surface area contributed by atoms with Crippen molar-refractivity contribution in [1.29, 1.82) is 0 Å². The number of hydrogen-bond donors (Lipinski definition) is 2. The molecule has 4 aromatic rings. The lowest BCUT2D eigenvalue weighted by atomic mass is 9.89. The maximum Gasteiger partial charge on any atom is 0.150 e. The first-order valence-corrected chi connectivity index (χ1v) is 9.02. The average molecular weight is 331 g/mol. The van der Waals surface area contributed by atoms with Gasteiger partial charge in [-0.15, -0.1) is 0 Å². The molecule has 0 radical (unpaired) electrons. The van der Waals surface area contributed by atoms with Gasteiger partial charge in [0, 0.05) is 29.2 Å². The molecule has 3 aromatic heterocycles. The summed E-state index contributed by atoms with van der Waals surface area (Å²) < 4.78 is 2.15. The van der Waals surface area contributed by atoms with Gasteiger partial charge in [0.1, 0.15) is 22.9 Å². The standard InChI is InChI=1S/C20H21N5/c21-19-18-17(16-12-14-8-4-5-9-15(14)23-16)24-20(25(18)11-10-22-19)13-6-2-1-3-7-13/h4-5,8-13,23H,1-3,6-7H2,(H2,21,22). The van der Waals surface area contributed by atoms with E-state index in [4.69, 9.17) is 10.7 Å². The van der Waals surface area contributed by atoms with Gasteiger partial charge in [-0.1, -0.05) is 37.5 Å². The molecule has 126 valence electrons. The molecule has 0 spiro atoms. The Labute approximate surface area is 145 Å². The van der Waals surface area contributed by atoms with E-state index in [1.165, 1.54) is 37.5 Å². The molecule has 3 heterocycles. The van der Waals surface area contributed by atoms with Crippen molar-refractivity contribution in [2.24, 2.45) is 0 Å². The molecule has 1 fully saturated rings. The molecule has 0 amide bonds. The van der Waals surface area contributed by atoms with Crippen LogP contribution in [0.5, 0.6) is 0 Å². The number of nitrogens with one attached hydrogen (secondary N) is 1. The molecule has 1 aliphatic carbocycles. The van der Waals surface area contributed by atoms with Crippen LogP contribution in [0.25, 0.3) is 27.8 Å². The van der Waals surface area contributed by atoms with Crippen molar-refractivity contribution in [3.63, 3.8) is 0 Å². The molecular formula is C20H21N5. The van der Waals surface area contributed by atoms with E-state index in [0.717, 1.165) is 28.2 Å². The largest absolute Gasteiger partial charge is 0.382 e. The lowest BCUT2D eigenvalue weighted by Gasteiger charge is -2.20. The van der Waals surface area contributed by atoms with Crippen LogP contribution in [0.15, 0.2) is 42.7 Å². The maximum absolute atomic E-state index is 6.25. The number of rotatable bonds is 2. The Balaban J connectivity index is 1.74. The minimum atomic E-state index is 0.501. The summed E-state index contributed by atoms with van der Waals surface area (Å²) in [4.78, 5) is 12.8. The Kier molecular flexibility index (Phi) is 3.26. The molecule has 1 saturated carbocycles. The number of anilines is 1. The number of nitrogen functional groups attached to an aromatic ring is 1. The van der Waals surface area contributed by atoms with Crippen LogP contribution in [0, 0.1) is 0 Å². The van der Waals surface area contributed by atoms with E-state index in [1.54, 1.807) is 6.20 Å². The van der Waals surface area contributed by atoms with Crippen molar-refractivity contribution in [2.45, 2.75) is 38.0 Å². The van der Waals surface area contributed by atoms with E-state index in [2.05, 4.69) is 38.6 Å². The number of aromatic amines is 1. The van der Waals surface area contributed by atoms with Gasteiger partial charge in [-0.3, -0.25) is 4.40 Å². The molecule has 1 aliphatic rings. The molecule has 0 bridgehead atoms. The summed E-state index contributed by atoms with van der Waals surface area (Å²) in [6, 6.07) is 10.4. The first-order chi connectivity index (χ1) is 12.3.